The minimum Gasteiger partial charge on any atom is -0.389 e. The van der Waals surface area contributed by atoms with Gasteiger partial charge < -0.3 is 5.11 Å². The predicted octanol–water partition coefficient (Wildman–Crippen LogP) is 1.69. The van der Waals surface area contributed by atoms with Crippen molar-refractivity contribution in [3.05, 3.63) is 10.5 Å². The summed E-state index contributed by atoms with van der Waals surface area (Å²) in [5, 5.41) is 17.8. The normalized spacial score (nSPS) is 23.2. The van der Waals surface area contributed by atoms with Gasteiger partial charge in [0.25, 0.3) is 0 Å². The molecule has 2 aliphatic carbocycles. The minimum atomic E-state index is -0.563. The van der Waals surface area contributed by atoms with Crippen molar-refractivity contribution < 1.29 is 5.11 Å². The molecule has 2 aliphatic rings. The van der Waals surface area contributed by atoms with E-state index >= 15 is 0 Å². The Morgan fingerprint density at radius 3 is 2.78 bits per heavy atom. The number of aromatic amines is 1. The van der Waals surface area contributed by atoms with Gasteiger partial charge in [-0.05, 0) is 25.7 Å². The second kappa shape index (κ2) is 4.74. The Bertz CT molecular complexity index is 472. The maximum Gasteiger partial charge on any atom is 0.344 e. The van der Waals surface area contributed by atoms with Gasteiger partial charge >= 0.3 is 5.69 Å². The van der Waals surface area contributed by atoms with Crippen LogP contribution < -0.4 is 5.69 Å². The van der Waals surface area contributed by atoms with Crippen molar-refractivity contribution in [3.63, 3.8) is 0 Å². The SMILES string of the molecule is O=c1[nH]nc(SCC2(O)CCCCC2)n1C1CC1. The Morgan fingerprint density at radius 1 is 1.39 bits per heavy atom. The second-order valence-corrected chi connectivity index (χ2v) is 6.43. The third kappa shape index (κ3) is 2.49. The van der Waals surface area contributed by atoms with E-state index in [0.29, 0.717) is 11.8 Å². The first kappa shape index (κ1) is 12.3. The van der Waals surface area contributed by atoms with Gasteiger partial charge in [-0.15, -0.1) is 5.10 Å². The molecule has 2 N–H and O–H groups in total. The average molecular weight is 269 g/mol. The van der Waals surface area contributed by atoms with Gasteiger partial charge in [0.05, 0.1) is 5.60 Å². The molecule has 0 bridgehead atoms. The van der Waals surface area contributed by atoms with Crippen molar-refractivity contribution in [1.29, 1.82) is 0 Å². The lowest BCUT2D eigenvalue weighted by Gasteiger charge is -2.31. The van der Waals surface area contributed by atoms with Crippen LogP contribution in [0, 0.1) is 0 Å². The largest absolute Gasteiger partial charge is 0.389 e. The molecule has 6 heteroatoms. The minimum absolute atomic E-state index is 0.115. The first-order valence-electron chi connectivity index (χ1n) is 6.70. The van der Waals surface area contributed by atoms with Crippen molar-refractivity contribution in [2.75, 3.05) is 5.75 Å². The monoisotopic (exact) mass is 269 g/mol. The number of aromatic nitrogens is 3. The van der Waals surface area contributed by atoms with E-state index in [1.165, 1.54) is 18.2 Å². The number of hydrogen-bond acceptors (Lipinski definition) is 4. The van der Waals surface area contributed by atoms with Crippen LogP contribution in [0.15, 0.2) is 9.95 Å². The summed E-state index contributed by atoms with van der Waals surface area (Å²) >= 11 is 1.51. The molecular weight excluding hydrogens is 250 g/mol. The van der Waals surface area contributed by atoms with Crippen LogP contribution in [0.2, 0.25) is 0 Å². The third-order valence-electron chi connectivity index (χ3n) is 3.84. The van der Waals surface area contributed by atoms with Crippen LogP contribution in [0.25, 0.3) is 0 Å². The molecule has 1 heterocycles. The number of thioether (sulfide) groups is 1. The topological polar surface area (TPSA) is 70.9 Å². The van der Waals surface area contributed by atoms with E-state index in [2.05, 4.69) is 10.2 Å². The van der Waals surface area contributed by atoms with E-state index in [9.17, 15) is 9.90 Å². The molecule has 0 unspecified atom stereocenters. The number of rotatable bonds is 4. The highest BCUT2D eigenvalue weighted by Crippen LogP contribution is 2.38. The lowest BCUT2D eigenvalue weighted by atomic mass is 9.86. The van der Waals surface area contributed by atoms with Gasteiger partial charge in [-0.3, -0.25) is 4.57 Å². The molecule has 0 aliphatic heterocycles. The first-order chi connectivity index (χ1) is 8.68. The Kier molecular flexibility index (Phi) is 3.23. The summed E-state index contributed by atoms with van der Waals surface area (Å²) in [6, 6.07) is 0.333. The van der Waals surface area contributed by atoms with Crippen LogP contribution in [0.3, 0.4) is 0 Å². The molecule has 5 nitrogen and oxygen atoms in total. The summed E-state index contributed by atoms with van der Waals surface area (Å²) in [5.41, 5.74) is -0.678. The average Bonchev–Trinajstić information content (AvgIpc) is 3.12. The van der Waals surface area contributed by atoms with Gasteiger partial charge in [-0.2, -0.15) is 0 Å². The van der Waals surface area contributed by atoms with E-state index in [1.54, 1.807) is 4.57 Å². The molecule has 0 saturated heterocycles. The zero-order chi connectivity index (χ0) is 12.6. The predicted molar refractivity (Wildman–Crippen MR) is 69.9 cm³/mol. The molecule has 2 saturated carbocycles. The molecule has 0 aromatic carbocycles. The molecule has 1 aromatic heterocycles. The highest BCUT2D eigenvalue weighted by atomic mass is 32.2. The maximum atomic E-state index is 11.6. The molecule has 1 aromatic rings. The summed E-state index contributed by atoms with van der Waals surface area (Å²) in [4.78, 5) is 11.6. The summed E-state index contributed by atoms with van der Waals surface area (Å²) < 4.78 is 1.75. The van der Waals surface area contributed by atoms with E-state index in [-0.39, 0.29) is 5.69 Å². The van der Waals surface area contributed by atoms with Gasteiger partial charge in [0.2, 0.25) is 0 Å². The maximum absolute atomic E-state index is 11.6. The quantitative estimate of drug-likeness (QED) is 0.816. The second-order valence-electron chi connectivity index (χ2n) is 5.49. The van der Waals surface area contributed by atoms with E-state index < -0.39 is 5.60 Å². The Labute approximate surface area is 110 Å². The molecular formula is C12H19N3O2S. The number of aliphatic hydroxyl groups is 1. The van der Waals surface area contributed by atoms with Crippen LogP contribution in [-0.4, -0.2) is 31.2 Å². The molecule has 100 valence electrons. The molecule has 2 fully saturated rings. The van der Waals surface area contributed by atoms with Gasteiger partial charge in [0, 0.05) is 11.8 Å². The fourth-order valence-corrected chi connectivity index (χ4v) is 3.77. The lowest BCUT2D eigenvalue weighted by molar-refractivity contribution is 0.0272. The number of hydrogen-bond donors (Lipinski definition) is 2. The zero-order valence-electron chi connectivity index (χ0n) is 10.4. The van der Waals surface area contributed by atoms with Gasteiger partial charge in [-0.1, -0.05) is 31.0 Å². The van der Waals surface area contributed by atoms with Gasteiger partial charge in [0.15, 0.2) is 5.16 Å². The summed E-state index contributed by atoms with van der Waals surface area (Å²) in [7, 11) is 0. The summed E-state index contributed by atoms with van der Waals surface area (Å²) in [5.74, 6) is 0.643. The van der Waals surface area contributed by atoms with Crippen LogP contribution in [0.5, 0.6) is 0 Å². The number of H-pyrrole nitrogens is 1. The molecule has 0 atom stereocenters. The third-order valence-corrected chi connectivity index (χ3v) is 5.07. The highest BCUT2D eigenvalue weighted by Gasteiger charge is 2.32. The molecule has 3 rings (SSSR count). The highest BCUT2D eigenvalue weighted by molar-refractivity contribution is 7.99. The van der Waals surface area contributed by atoms with Crippen molar-refractivity contribution in [3.8, 4) is 0 Å². The smallest absolute Gasteiger partial charge is 0.344 e. The van der Waals surface area contributed by atoms with E-state index in [0.717, 1.165) is 43.7 Å². The molecule has 0 spiro atoms. The van der Waals surface area contributed by atoms with Crippen molar-refractivity contribution in [2.45, 2.75) is 61.7 Å². The first-order valence-corrected chi connectivity index (χ1v) is 7.69. The molecule has 0 radical (unpaired) electrons. The van der Waals surface area contributed by atoms with Crippen LogP contribution >= 0.6 is 11.8 Å². The Hall–Kier alpha value is -0.750. The van der Waals surface area contributed by atoms with Gasteiger partial charge in [-0.25, -0.2) is 9.89 Å². The van der Waals surface area contributed by atoms with Crippen LogP contribution in [0.4, 0.5) is 0 Å². The number of nitrogens with one attached hydrogen (secondary N) is 1. The van der Waals surface area contributed by atoms with E-state index in [1.807, 2.05) is 0 Å². The van der Waals surface area contributed by atoms with Gasteiger partial charge in [0.1, 0.15) is 0 Å². The Morgan fingerprint density at radius 2 is 2.11 bits per heavy atom. The Balaban J connectivity index is 1.67. The standard InChI is InChI=1S/C12H19N3O2S/c16-10-13-14-11(15(10)9-4-5-9)18-8-12(17)6-2-1-3-7-12/h9,17H,1-8H2,(H,13,16). The zero-order valence-corrected chi connectivity index (χ0v) is 11.2. The fraction of sp³-hybridized carbons (Fsp3) is 0.833. The van der Waals surface area contributed by atoms with Crippen molar-refractivity contribution in [2.24, 2.45) is 0 Å². The van der Waals surface area contributed by atoms with Crippen LogP contribution in [0.1, 0.15) is 51.0 Å². The molecule has 18 heavy (non-hydrogen) atoms. The van der Waals surface area contributed by atoms with Crippen molar-refractivity contribution >= 4 is 11.8 Å². The fourth-order valence-electron chi connectivity index (χ4n) is 2.60. The summed E-state index contributed by atoms with van der Waals surface area (Å²) in [6.45, 7) is 0. The lowest BCUT2D eigenvalue weighted by Crippen LogP contribution is -2.34. The van der Waals surface area contributed by atoms with Crippen molar-refractivity contribution in [1.82, 2.24) is 14.8 Å². The summed E-state index contributed by atoms with van der Waals surface area (Å²) in [6.07, 6.45) is 7.31. The van der Waals surface area contributed by atoms with Crippen LogP contribution in [-0.2, 0) is 0 Å². The van der Waals surface area contributed by atoms with E-state index in [4.69, 9.17) is 0 Å². The molecule has 0 amide bonds. The number of nitrogens with zero attached hydrogens (tertiary/aromatic N) is 2.